The van der Waals surface area contributed by atoms with Crippen molar-refractivity contribution < 1.29 is 0 Å². The summed E-state index contributed by atoms with van der Waals surface area (Å²) in [6.45, 7) is 10.5. The number of nitrogens with one attached hydrogen (secondary N) is 1. The van der Waals surface area contributed by atoms with Crippen LogP contribution in [0.3, 0.4) is 0 Å². The summed E-state index contributed by atoms with van der Waals surface area (Å²) in [4.78, 5) is 0. The minimum atomic E-state index is 0.842. The van der Waals surface area contributed by atoms with E-state index in [9.17, 15) is 0 Å². The standard InChI is InChI=1S/C18H22N2/c1-5-15-13(3)17(19)11-10-16(15)14(4)20-18-9-7-6-8-12(18)2/h6-11,20H,4-5,19H2,1-3H3. The Morgan fingerprint density at radius 2 is 1.85 bits per heavy atom. The highest BCUT2D eigenvalue weighted by Crippen LogP contribution is 2.27. The highest BCUT2D eigenvalue weighted by Gasteiger charge is 2.10. The van der Waals surface area contributed by atoms with Gasteiger partial charge in [-0.2, -0.15) is 0 Å². The first-order valence-electron chi connectivity index (χ1n) is 6.94. The van der Waals surface area contributed by atoms with E-state index < -0.39 is 0 Å². The monoisotopic (exact) mass is 266 g/mol. The summed E-state index contributed by atoms with van der Waals surface area (Å²) in [7, 11) is 0. The van der Waals surface area contributed by atoms with E-state index in [4.69, 9.17) is 5.73 Å². The fraction of sp³-hybridized carbons (Fsp3) is 0.222. The van der Waals surface area contributed by atoms with E-state index >= 15 is 0 Å². The second-order valence-corrected chi connectivity index (χ2v) is 5.08. The van der Waals surface area contributed by atoms with Crippen LogP contribution < -0.4 is 11.1 Å². The highest BCUT2D eigenvalue weighted by atomic mass is 14.9. The van der Waals surface area contributed by atoms with Crippen molar-refractivity contribution in [3.63, 3.8) is 0 Å². The minimum absolute atomic E-state index is 0.842. The molecule has 0 radical (unpaired) electrons. The van der Waals surface area contributed by atoms with Gasteiger partial charge in [-0.1, -0.05) is 37.8 Å². The molecule has 104 valence electrons. The Balaban J connectivity index is 2.35. The van der Waals surface area contributed by atoms with E-state index in [-0.39, 0.29) is 0 Å². The molecule has 20 heavy (non-hydrogen) atoms. The average molecular weight is 266 g/mol. The fourth-order valence-electron chi connectivity index (χ4n) is 2.46. The third kappa shape index (κ3) is 2.69. The molecular formula is C18H22N2. The number of benzene rings is 2. The molecule has 0 aliphatic carbocycles. The molecular weight excluding hydrogens is 244 g/mol. The van der Waals surface area contributed by atoms with Crippen LogP contribution in [0.1, 0.15) is 29.2 Å². The molecule has 0 aromatic heterocycles. The number of anilines is 2. The van der Waals surface area contributed by atoms with Crippen LogP contribution in [0.5, 0.6) is 0 Å². The van der Waals surface area contributed by atoms with Gasteiger partial charge in [-0.25, -0.2) is 0 Å². The first-order valence-corrected chi connectivity index (χ1v) is 6.94. The van der Waals surface area contributed by atoms with Crippen LogP contribution in [-0.2, 0) is 6.42 Å². The maximum atomic E-state index is 5.99. The Hall–Kier alpha value is -2.22. The van der Waals surface area contributed by atoms with Crippen LogP contribution in [0.25, 0.3) is 5.70 Å². The molecule has 0 saturated carbocycles. The van der Waals surface area contributed by atoms with E-state index in [2.05, 4.69) is 50.9 Å². The van der Waals surface area contributed by atoms with Crippen LogP contribution in [0, 0.1) is 13.8 Å². The van der Waals surface area contributed by atoms with Crippen LogP contribution in [0.4, 0.5) is 11.4 Å². The van der Waals surface area contributed by atoms with Gasteiger partial charge in [0.2, 0.25) is 0 Å². The van der Waals surface area contributed by atoms with Crippen molar-refractivity contribution in [2.24, 2.45) is 0 Å². The van der Waals surface area contributed by atoms with Crippen LogP contribution in [0.15, 0.2) is 43.0 Å². The molecule has 0 aliphatic heterocycles. The van der Waals surface area contributed by atoms with Gasteiger partial charge in [-0.15, -0.1) is 0 Å². The molecule has 0 bridgehead atoms. The Morgan fingerprint density at radius 3 is 2.50 bits per heavy atom. The lowest BCUT2D eigenvalue weighted by Crippen LogP contribution is -2.05. The van der Waals surface area contributed by atoms with E-state index in [1.54, 1.807) is 0 Å². The van der Waals surface area contributed by atoms with Crippen molar-refractivity contribution in [2.45, 2.75) is 27.2 Å². The summed E-state index contributed by atoms with van der Waals surface area (Å²) in [6, 6.07) is 12.2. The second-order valence-electron chi connectivity index (χ2n) is 5.08. The van der Waals surface area contributed by atoms with Crippen molar-refractivity contribution in [1.82, 2.24) is 0 Å². The number of hydrogen-bond acceptors (Lipinski definition) is 2. The number of aryl methyl sites for hydroxylation is 1. The molecule has 0 amide bonds. The zero-order valence-electron chi connectivity index (χ0n) is 12.5. The summed E-state index contributed by atoms with van der Waals surface area (Å²) < 4.78 is 0. The SMILES string of the molecule is C=C(Nc1ccccc1C)c1ccc(N)c(C)c1CC. The maximum absolute atomic E-state index is 5.99. The molecule has 0 heterocycles. The second kappa shape index (κ2) is 5.83. The molecule has 2 aromatic carbocycles. The lowest BCUT2D eigenvalue weighted by Gasteiger charge is -2.17. The van der Waals surface area contributed by atoms with E-state index in [1.807, 2.05) is 18.2 Å². The Kier molecular flexibility index (Phi) is 4.14. The van der Waals surface area contributed by atoms with Crippen LogP contribution >= 0.6 is 0 Å². The average Bonchev–Trinajstić information content (AvgIpc) is 2.44. The molecule has 0 fully saturated rings. The van der Waals surface area contributed by atoms with Gasteiger partial charge in [0.25, 0.3) is 0 Å². The van der Waals surface area contributed by atoms with Gasteiger partial charge in [0, 0.05) is 22.6 Å². The van der Waals surface area contributed by atoms with Gasteiger partial charge in [0.15, 0.2) is 0 Å². The molecule has 2 aromatic rings. The molecule has 3 N–H and O–H groups in total. The fourth-order valence-corrected chi connectivity index (χ4v) is 2.46. The number of rotatable bonds is 4. The maximum Gasteiger partial charge on any atom is 0.0413 e. The third-order valence-corrected chi connectivity index (χ3v) is 3.75. The first-order chi connectivity index (χ1) is 9.54. The summed E-state index contributed by atoms with van der Waals surface area (Å²) in [5.41, 5.74) is 13.6. The summed E-state index contributed by atoms with van der Waals surface area (Å²) in [5, 5.41) is 3.41. The van der Waals surface area contributed by atoms with Gasteiger partial charge in [0.05, 0.1) is 0 Å². The van der Waals surface area contributed by atoms with E-state index in [1.165, 1.54) is 11.1 Å². The van der Waals surface area contributed by atoms with E-state index in [0.717, 1.165) is 34.6 Å². The van der Waals surface area contributed by atoms with E-state index in [0.29, 0.717) is 0 Å². The lowest BCUT2D eigenvalue weighted by atomic mass is 9.96. The normalized spacial score (nSPS) is 10.3. The number of hydrogen-bond donors (Lipinski definition) is 2. The summed E-state index contributed by atoms with van der Waals surface area (Å²) >= 11 is 0. The predicted molar refractivity (Wildman–Crippen MR) is 88.8 cm³/mol. The smallest absolute Gasteiger partial charge is 0.0413 e. The Morgan fingerprint density at radius 1 is 1.15 bits per heavy atom. The quantitative estimate of drug-likeness (QED) is 0.798. The predicted octanol–water partition coefficient (Wildman–Crippen LogP) is 4.53. The Labute approximate surface area is 121 Å². The van der Waals surface area contributed by atoms with Crippen molar-refractivity contribution in [3.05, 3.63) is 65.2 Å². The Bertz CT molecular complexity index is 642. The topological polar surface area (TPSA) is 38.0 Å². The molecule has 0 unspecified atom stereocenters. The number of nitrogen functional groups attached to an aromatic ring is 1. The minimum Gasteiger partial charge on any atom is -0.399 e. The summed E-state index contributed by atoms with van der Waals surface area (Å²) in [5.74, 6) is 0. The molecule has 0 saturated heterocycles. The van der Waals surface area contributed by atoms with Crippen molar-refractivity contribution in [3.8, 4) is 0 Å². The summed E-state index contributed by atoms with van der Waals surface area (Å²) in [6.07, 6.45) is 0.945. The van der Waals surface area contributed by atoms with Gasteiger partial charge in [-0.3, -0.25) is 0 Å². The molecule has 0 aliphatic rings. The van der Waals surface area contributed by atoms with Crippen LogP contribution in [-0.4, -0.2) is 0 Å². The zero-order valence-corrected chi connectivity index (χ0v) is 12.5. The van der Waals surface area contributed by atoms with Gasteiger partial charge in [0.1, 0.15) is 0 Å². The third-order valence-electron chi connectivity index (χ3n) is 3.75. The highest BCUT2D eigenvalue weighted by molar-refractivity contribution is 5.79. The van der Waals surface area contributed by atoms with Gasteiger partial charge in [-0.05, 0) is 49.1 Å². The first kappa shape index (κ1) is 14.2. The van der Waals surface area contributed by atoms with Crippen LogP contribution in [0.2, 0.25) is 0 Å². The van der Waals surface area contributed by atoms with Crippen molar-refractivity contribution >= 4 is 17.1 Å². The molecule has 2 rings (SSSR count). The largest absolute Gasteiger partial charge is 0.399 e. The molecule has 2 nitrogen and oxygen atoms in total. The number of para-hydroxylation sites is 1. The zero-order chi connectivity index (χ0) is 14.7. The van der Waals surface area contributed by atoms with Crippen molar-refractivity contribution in [1.29, 1.82) is 0 Å². The van der Waals surface area contributed by atoms with Crippen molar-refractivity contribution in [2.75, 3.05) is 11.1 Å². The lowest BCUT2D eigenvalue weighted by molar-refractivity contribution is 1.10. The van der Waals surface area contributed by atoms with Gasteiger partial charge < -0.3 is 11.1 Å². The molecule has 0 atom stereocenters. The molecule has 2 heteroatoms. The molecule has 0 spiro atoms. The van der Waals surface area contributed by atoms with Gasteiger partial charge >= 0.3 is 0 Å². The number of nitrogens with two attached hydrogens (primary N) is 1.